The Balaban J connectivity index is 1.58. The first-order chi connectivity index (χ1) is 14.9. The largest absolute Gasteiger partial charge is 0.383 e. The van der Waals surface area contributed by atoms with Crippen molar-refractivity contribution in [3.05, 3.63) is 34.7 Å². The van der Waals surface area contributed by atoms with Crippen molar-refractivity contribution >= 4 is 28.6 Å². The van der Waals surface area contributed by atoms with Gasteiger partial charge >= 0.3 is 0 Å². The van der Waals surface area contributed by atoms with Gasteiger partial charge in [0.25, 0.3) is 5.91 Å². The van der Waals surface area contributed by atoms with Crippen molar-refractivity contribution in [1.29, 1.82) is 0 Å². The number of amides is 1. The Labute approximate surface area is 189 Å². The van der Waals surface area contributed by atoms with Gasteiger partial charge in [-0.1, -0.05) is 17.3 Å². The minimum atomic E-state index is -0.544. The van der Waals surface area contributed by atoms with E-state index in [1.54, 1.807) is 18.3 Å². The molecule has 1 unspecified atom stereocenters. The summed E-state index contributed by atoms with van der Waals surface area (Å²) in [6.07, 6.45) is 1.32. The van der Waals surface area contributed by atoms with Crippen molar-refractivity contribution in [1.82, 2.24) is 9.88 Å². The molecule has 1 aliphatic heterocycles. The third kappa shape index (κ3) is 5.85. The number of carbonyl (C=O) groups is 1. The first kappa shape index (κ1) is 23.3. The first-order valence-electron chi connectivity index (χ1n) is 11.2. The van der Waals surface area contributed by atoms with E-state index in [0.29, 0.717) is 5.92 Å². The van der Waals surface area contributed by atoms with Gasteiger partial charge in [0.05, 0.1) is 16.4 Å². The van der Waals surface area contributed by atoms with Crippen LogP contribution in [0.1, 0.15) is 58.4 Å². The number of thiazole rings is 1. The fourth-order valence-corrected chi connectivity index (χ4v) is 4.87. The van der Waals surface area contributed by atoms with E-state index < -0.39 is 6.10 Å². The van der Waals surface area contributed by atoms with Crippen LogP contribution in [0.15, 0.2) is 34.8 Å². The molecule has 6 nitrogen and oxygen atoms in total. The van der Waals surface area contributed by atoms with Crippen molar-refractivity contribution in [3.8, 4) is 11.3 Å². The fourth-order valence-electron chi connectivity index (χ4n) is 3.87. The van der Waals surface area contributed by atoms with E-state index >= 15 is 0 Å². The van der Waals surface area contributed by atoms with Crippen LogP contribution in [0.4, 0.5) is 5.69 Å². The monoisotopic (exact) mass is 442 g/mol. The molecule has 1 aliphatic rings. The number of benzene rings is 1. The number of piperidine rings is 1. The van der Waals surface area contributed by atoms with Gasteiger partial charge in [0.2, 0.25) is 6.10 Å². The Kier molecular flexibility index (Phi) is 8.07. The zero-order chi connectivity index (χ0) is 22.4. The maximum atomic E-state index is 12.6. The van der Waals surface area contributed by atoms with Gasteiger partial charge in [-0.05, 0) is 59.6 Å². The Morgan fingerprint density at radius 2 is 1.87 bits per heavy atom. The molecule has 0 radical (unpaired) electrons. The minimum absolute atomic E-state index is 0.0107. The predicted octanol–water partition coefficient (Wildman–Crippen LogP) is 5.16. The van der Waals surface area contributed by atoms with Gasteiger partial charge in [-0.3, -0.25) is 4.79 Å². The summed E-state index contributed by atoms with van der Waals surface area (Å²) >= 11 is 1.73. The van der Waals surface area contributed by atoms with Gasteiger partial charge < -0.3 is 14.6 Å². The van der Waals surface area contributed by atoms with Crippen LogP contribution in [0.25, 0.3) is 11.3 Å². The van der Waals surface area contributed by atoms with E-state index in [1.807, 2.05) is 18.7 Å². The highest BCUT2D eigenvalue weighted by molar-refractivity contribution is 7.10. The summed E-state index contributed by atoms with van der Waals surface area (Å²) in [4.78, 5) is 27.0. The molecule has 31 heavy (non-hydrogen) atoms. The van der Waals surface area contributed by atoms with Crippen molar-refractivity contribution in [2.75, 3.05) is 31.1 Å². The van der Waals surface area contributed by atoms with E-state index in [0.717, 1.165) is 56.0 Å². The molecule has 0 aliphatic carbocycles. The molecule has 2 heterocycles. The Morgan fingerprint density at radius 1 is 1.23 bits per heavy atom. The quantitative estimate of drug-likeness (QED) is 0.418. The second-order valence-corrected chi connectivity index (χ2v) is 9.07. The molecule has 0 saturated carbocycles. The number of nitrogens with zero attached hydrogens (tertiary/aromatic N) is 4. The van der Waals surface area contributed by atoms with Crippen molar-refractivity contribution in [2.45, 2.75) is 59.5 Å². The second kappa shape index (κ2) is 10.8. The van der Waals surface area contributed by atoms with E-state index in [1.165, 1.54) is 10.7 Å². The molecular formula is C24H34N4O2S. The molecule has 1 amide bonds. The minimum Gasteiger partial charge on any atom is -0.383 e. The second-order valence-electron chi connectivity index (χ2n) is 8.18. The number of carbonyl (C=O) groups excluding carboxylic acids is 1. The molecule has 168 valence electrons. The van der Waals surface area contributed by atoms with Crippen LogP contribution in [-0.4, -0.2) is 53.8 Å². The molecule has 3 rings (SSSR count). The molecule has 1 saturated heterocycles. The highest BCUT2D eigenvalue weighted by Crippen LogP contribution is 2.33. The summed E-state index contributed by atoms with van der Waals surface area (Å²) in [7, 11) is 0. The van der Waals surface area contributed by atoms with Crippen LogP contribution in [0.2, 0.25) is 0 Å². The highest BCUT2D eigenvalue weighted by atomic mass is 32.1. The van der Waals surface area contributed by atoms with Gasteiger partial charge in [-0.25, -0.2) is 4.98 Å². The normalized spacial score (nSPS) is 15.5. The summed E-state index contributed by atoms with van der Waals surface area (Å²) < 4.78 is 0. The Morgan fingerprint density at radius 3 is 2.45 bits per heavy atom. The first-order valence-corrected chi connectivity index (χ1v) is 12.1. The number of oxime groups is 1. The van der Waals surface area contributed by atoms with Crippen molar-refractivity contribution < 1.29 is 9.63 Å². The molecule has 2 aromatic rings. The van der Waals surface area contributed by atoms with Gasteiger partial charge in [-0.15, -0.1) is 11.3 Å². The number of aromatic nitrogens is 1. The summed E-state index contributed by atoms with van der Waals surface area (Å²) in [6, 6.07) is 8.68. The predicted molar refractivity (Wildman–Crippen MR) is 129 cm³/mol. The average molecular weight is 443 g/mol. The molecule has 0 bridgehead atoms. The van der Waals surface area contributed by atoms with Crippen molar-refractivity contribution in [3.63, 3.8) is 0 Å². The van der Waals surface area contributed by atoms with E-state index in [-0.39, 0.29) is 5.91 Å². The van der Waals surface area contributed by atoms with E-state index in [4.69, 9.17) is 9.82 Å². The highest BCUT2D eigenvalue weighted by Gasteiger charge is 2.29. The summed E-state index contributed by atoms with van der Waals surface area (Å²) in [5.74, 6) is 0.418. The van der Waals surface area contributed by atoms with Gasteiger partial charge in [0, 0.05) is 48.7 Å². The lowest BCUT2D eigenvalue weighted by Crippen LogP contribution is -2.43. The van der Waals surface area contributed by atoms with E-state index in [2.05, 4.69) is 53.5 Å². The van der Waals surface area contributed by atoms with E-state index in [9.17, 15) is 4.79 Å². The smallest absolute Gasteiger partial charge is 0.266 e. The number of rotatable bonds is 8. The lowest BCUT2D eigenvalue weighted by atomic mass is 9.97. The summed E-state index contributed by atoms with van der Waals surface area (Å²) in [5.41, 5.74) is 4.25. The topological polar surface area (TPSA) is 58.0 Å². The maximum Gasteiger partial charge on any atom is 0.266 e. The molecule has 1 atom stereocenters. The fraction of sp³-hybridized carbons (Fsp3) is 0.542. The number of hydrogen-bond donors (Lipinski definition) is 0. The molecule has 0 spiro atoms. The Bertz CT molecular complexity index is 877. The number of anilines is 1. The summed E-state index contributed by atoms with van der Waals surface area (Å²) in [5, 5.41) is 7.24. The van der Waals surface area contributed by atoms with Crippen LogP contribution < -0.4 is 4.90 Å². The van der Waals surface area contributed by atoms with Crippen LogP contribution in [-0.2, 0) is 9.63 Å². The molecule has 1 aromatic heterocycles. The van der Waals surface area contributed by atoms with Crippen LogP contribution in [0.5, 0.6) is 0 Å². The third-order valence-corrected chi connectivity index (χ3v) is 6.72. The number of likely N-dealkylation sites (tertiary alicyclic amines) is 1. The zero-order valence-corrected chi connectivity index (χ0v) is 20.1. The molecule has 1 aromatic carbocycles. The maximum absolute atomic E-state index is 12.6. The van der Waals surface area contributed by atoms with Crippen molar-refractivity contribution in [2.24, 2.45) is 5.16 Å². The standard InChI is InChI=1S/C24H34N4O2S/c1-6-27(7-2)21-10-8-19(9-11-21)22-16-31-23(25-22)20-12-14-28(15-13-20)24(29)18(5)30-26-17(3)4/h8-11,16,18,20H,6-7,12-15H2,1-5H3. The zero-order valence-electron chi connectivity index (χ0n) is 19.3. The van der Waals surface area contributed by atoms with Crippen LogP contribution in [0, 0.1) is 0 Å². The van der Waals surface area contributed by atoms with Gasteiger partial charge in [0.1, 0.15) is 0 Å². The van der Waals surface area contributed by atoms with Gasteiger partial charge in [-0.2, -0.15) is 0 Å². The van der Waals surface area contributed by atoms with Crippen LogP contribution >= 0.6 is 11.3 Å². The lowest BCUT2D eigenvalue weighted by Gasteiger charge is -2.32. The molecule has 1 fully saturated rings. The third-order valence-electron chi connectivity index (χ3n) is 5.71. The summed E-state index contributed by atoms with van der Waals surface area (Å²) in [6.45, 7) is 13.3. The molecular weight excluding hydrogens is 408 g/mol. The van der Waals surface area contributed by atoms with Crippen LogP contribution in [0.3, 0.4) is 0 Å². The average Bonchev–Trinajstić information content (AvgIpc) is 3.28. The SMILES string of the molecule is CCN(CC)c1ccc(-c2csc(C3CCN(C(=O)C(C)ON=C(C)C)CC3)n2)cc1. The Hall–Kier alpha value is -2.41. The van der Waals surface area contributed by atoms with Gasteiger partial charge in [0.15, 0.2) is 0 Å². The molecule has 7 heteroatoms. The number of hydrogen-bond acceptors (Lipinski definition) is 6. The lowest BCUT2D eigenvalue weighted by molar-refractivity contribution is -0.143. The molecule has 0 N–H and O–H groups in total.